The fraction of sp³-hybridized carbons (Fsp3) is 0.571. The summed E-state index contributed by atoms with van der Waals surface area (Å²) in [6.45, 7) is 2.75. The lowest BCUT2D eigenvalue weighted by molar-refractivity contribution is -0.361. The third-order valence-electron chi connectivity index (χ3n) is 3.49. The first kappa shape index (κ1) is 18.7. The van der Waals surface area contributed by atoms with E-state index in [1.807, 2.05) is 0 Å². The van der Waals surface area contributed by atoms with E-state index < -0.39 is 30.0 Å². The largest absolute Gasteiger partial charge is 0.459 e. The topological polar surface area (TPSA) is 9.23 Å². The Balaban J connectivity index is 3.19. The lowest BCUT2D eigenvalue weighted by atomic mass is 9.87. The molecule has 0 radical (unpaired) electrons. The lowest BCUT2D eigenvalue weighted by Crippen LogP contribution is -2.54. The van der Waals surface area contributed by atoms with E-state index in [0.717, 1.165) is 19.6 Å². The average Bonchev–Trinajstić information content (AvgIpc) is 2.37. The molecule has 0 fully saturated rings. The molecule has 22 heavy (non-hydrogen) atoms. The molecule has 0 aliphatic rings. The number of methoxy groups -OCH3 is 1. The van der Waals surface area contributed by atoms with Crippen molar-refractivity contribution in [3.8, 4) is 0 Å². The van der Waals surface area contributed by atoms with Gasteiger partial charge < -0.3 is 4.74 Å². The van der Waals surface area contributed by atoms with Gasteiger partial charge >= 0.3 is 18.0 Å². The maximum Gasteiger partial charge on any atom is 0.459 e. The number of hydrogen-bond donors (Lipinski definition) is 0. The van der Waals surface area contributed by atoms with Gasteiger partial charge in [0.25, 0.3) is 0 Å². The Labute approximate surface area is 123 Å². The minimum Gasteiger partial charge on any atom is -0.374 e. The second-order valence-corrected chi connectivity index (χ2v) is 5.25. The molecular weight excluding hydrogens is 317 g/mol. The maximum atomic E-state index is 13.6. The van der Waals surface area contributed by atoms with Crippen molar-refractivity contribution in [3.05, 3.63) is 35.4 Å². The van der Waals surface area contributed by atoms with Gasteiger partial charge in [0.1, 0.15) is 0 Å². The van der Waals surface area contributed by atoms with Crippen molar-refractivity contribution >= 4 is 0 Å². The highest BCUT2D eigenvalue weighted by atomic mass is 19.4. The van der Waals surface area contributed by atoms with Crippen molar-refractivity contribution < 1.29 is 35.5 Å². The molecule has 8 heteroatoms. The van der Waals surface area contributed by atoms with E-state index in [1.54, 1.807) is 6.92 Å². The molecule has 0 amide bonds. The van der Waals surface area contributed by atoms with Crippen LogP contribution in [0.1, 0.15) is 24.5 Å². The van der Waals surface area contributed by atoms with Crippen LogP contribution in [0.15, 0.2) is 24.3 Å². The van der Waals surface area contributed by atoms with Crippen molar-refractivity contribution in [2.24, 2.45) is 0 Å². The average molecular weight is 332 g/mol. The van der Waals surface area contributed by atoms with Crippen LogP contribution >= 0.6 is 0 Å². The zero-order valence-corrected chi connectivity index (χ0v) is 12.1. The summed E-state index contributed by atoms with van der Waals surface area (Å²) < 4.78 is 94.6. The Hall–Kier alpha value is -1.31. The molecular formula is C14H15F7O. The summed E-state index contributed by atoms with van der Waals surface area (Å²) in [5, 5.41) is 0. The summed E-state index contributed by atoms with van der Waals surface area (Å²) in [7, 11) is 0.974. The van der Waals surface area contributed by atoms with Gasteiger partial charge in [0.2, 0.25) is 0 Å². The normalized spacial score (nSPS) is 16.5. The smallest absolute Gasteiger partial charge is 0.374 e. The highest BCUT2D eigenvalue weighted by Gasteiger charge is 2.73. The van der Waals surface area contributed by atoms with Gasteiger partial charge in [-0.05, 0) is 19.4 Å². The van der Waals surface area contributed by atoms with Crippen LogP contribution in [0.5, 0.6) is 0 Å². The summed E-state index contributed by atoms with van der Waals surface area (Å²) >= 11 is 0. The predicted octanol–water partition coefficient (Wildman–Crippen LogP) is 5.08. The summed E-state index contributed by atoms with van der Waals surface area (Å²) in [5.41, 5.74) is -1.14. The van der Waals surface area contributed by atoms with E-state index in [-0.39, 0.29) is 5.56 Å². The van der Waals surface area contributed by atoms with Gasteiger partial charge in [-0.3, -0.25) is 0 Å². The van der Waals surface area contributed by atoms with Crippen LogP contribution in [0, 0.1) is 6.92 Å². The fourth-order valence-corrected chi connectivity index (χ4v) is 1.94. The quantitative estimate of drug-likeness (QED) is 0.683. The van der Waals surface area contributed by atoms with Crippen molar-refractivity contribution in [2.75, 3.05) is 7.11 Å². The minimum atomic E-state index is -6.35. The van der Waals surface area contributed by atoms with Crippen molar-refractivity contribution in [1.29, 1.82) is 0 Å². The molecule has 0 aliphatic carbocycles. The SMILES string of the molecule is COC(C)(CC(F)(F)C(F)(F)C(F)(F)F)c1ccc(C)cc1. The van der Waals surface area contributed by atoms with Crippen LogP contribution in [0.3, 0.4) is 0 Å². The second-order valence-electron chi connectivity index (χ2n) is 5.25. The number of halogens is 7. The molecule has 0 aliphatic heterocycles. The van der Waals surface area contributed by atoms with Gasteiger partial charge in [0, 0.05) is 7.11 Å². The van der Waals surface area contributed by atoms with E-state index in [2.05, 4.69) is 0 Å². The van der Waals surface area contributed by atoms with Gasteiger partial charge in [-0.2, -0.15) is 30.7 Å². The van der Waals surface area contributed by atoms with Gasteiger partial charge in [-0.25, -0.2) is 0 Å². The highest BCUT2D eigenvalue weighted by Crippen LogP contribution is 2.51. The fourth-order valence-electron chi connectivity index (χ4n) is 1.94. The minimum absolute atomic E-state index is 0.0817. The number of aryl methyl sites for hydroxylation is 1. The summed E-state index contributed by atoms with van der Waals surface area (Å²) in [6.07, 6.45) is -8.16. The molecule has 0 saturated heterocycles. The predicted molar refractivity (Wildman–Crippen MR) is 66.1 cm³/mol. The van der Waals surface area contributed by atoms with Crippen LogP contribution in [-0.2, 0) is 10.3 Å². The first-order valence-electron chi connectivity index (χ1n) is 6.21. The Morgan fingerprint density at radius 1 is 0.909 bits per heavy atom. The Morgan fingerprint density at radius 3 is 1.73 bits per heavy atom. The highest BCUT2D eigenvalue weighted by molar-refractivity contribution is 5.27. The second kappa shape index (κ2) is 5.72. The van der Waals surface area contributed by atoms with Crippen LogP contribution in [-0.4, -0.2) is 25.1 Å². The summed E-state index contributed by atoms with van der Waals surface area (Å²) in [5.74, 6) is -11.5. The Kier molecular flexibility index (Phi) is 4.87. The molecule has 1 rings (SSSR count). The van der Waals surface area contributed by atoms with Crippen LogP contribution in [0.2, 0.25) is 0 Å². The van der Waals surface area contributed by atoms with Crippen molar-refractivity contribution in [2.45, 2.75) is 43.9 Å². The molecule has 0 spiro atoms. The van der Waals surface area contributed by atoms with Crippen molar-refractivity contribution in [1.82, 2.24) is 0 Å². The molecule has 0 N–H and O–H groups in total. The summed E-state index contributed by atoms with van der Waals surface area (Å²) in [6, 6.07) is 5.74. The van der Waals surface area contributed by atoms with Gasteiger partial charge in [-0.1, -0.05) is 29.8 Å². The number of alkyl halides is 7. The summed E-state index contributed by atoms with van der Waals surface area (Å²) in [4.78, 5) is 0. The standard InChI is InChI=1S/C14H15F7O/c1-9-4-6-10(7-5-9)11(2,22-3)8-12(15,16)13(17,18)14(19,20)21/h4-7H,8H2,1-3H3. The first-order valence-corrected chi connectivity index (χ1v) is 6.21. The molecule has 1 unspecified atom stereocenters. The molecule has 0 bridgehead atoms. The number of rotatable bonds is 5. The molecule has 1 atom stereocenters. The van der Waals surface area contributed by atoms with Crippen LogP contribution in [0.4, 0.5) is 30.7 Å². The van der Waals surface area contributed by atoms with Crippen LogP contribution < -0.4 is 0 Å². The number of benzene rings is 1. The third kappa shape index (κ3) is 3.37. The molecule has 1 nitrogen and oxygen atoms in total. The van der Waals surface area contributed by atoms with E-state index in [1.165, 1.54) is 24.3 Å². The first-order chi connectivity index (χ1) is 9.77. The number of hydrogen-bond acceptors (Lipinski definition) is 1. The maximum absolute atomic E-state index is 13.6. The van der Waals surface area contributed by atoms with Gasteiger partial charge in [0.05, 0.1) is 12.0 Å². The monoisotopic (exact) mass is 332 g/mol. The molecule has 0 heterocycles. The van der Waals surface area contributed by atoms with Crippen molar-refractivity contribution in [3.63, 3.8) is 0 Å². The zero-order chi connectivity index (χ0) is 17.4. The molecule has 1 aromatic carbocycles. The van der Waals surface area contributed by atoms with Crippen LogP contribution in [0.25, 0.3) is 0 Å². The van der Waals surface area contributed by atoms with Gasteiger partial charge in [0.15, 0.2) is 0 Å². The molecule has 1 aromatic rings. The van der Waals surface area contributed by atoms with Gasteiger partial charge in [-0.15, -0.1) is 0 Å². The van der Waals surface area contributed by atoms with E-state index in [9.17, 15) is 30.7 Å². The molecule has 0 aromatic heterocycles. The lowest BCUT2D eigenvalue weighted by Gasteiger charge is -2.36. The van der Waals surface area contributed by atoms with E-state index >= 15 is 0 Å². The zero-order valence-electron chi connectivity index (χ0n) is 12.1. The molecule has 0 saturated carbocycles. The Morgan fingerprint density at radius 2 is 1.36 bits per heavy atom. The van der Waals surface area contributed by atoms with E-state index in [0.29, 0.717) is 0 Å². The number of ether oxygens (including phenoxy) is 1. The molecule has 126 valence electrons. The third-order valence-corrected chi connectivity index (χ3v) is 3.49. The van der Waals surface area contributed by atoms with E-state index in [4.69, 9.17) is 4.74 Å². The Bertz CT molecular complexity index is 507.